The maximum absolute atomic E-state index is 14.7. The normalized spacial score (nSPS) is 14.5. The standard InChI is InChI=1S/C49H54N8O17S3.C15H17N5O7/c58-30-40(61)45(64)37-29-51-46-44(52-37)48(66)56-25-20-42(63)55(49(56)53-46)24-19-41(62)50-21-18-33(60)28-32(59)9-5-8-31-14-16-34(17-15-31)77(73,74)57(23-7-27-76(70,71)72)47(65)43-35-10-1-3-12-38(35)54(22-6-26-75(67,68)69)39-13-4-2-11-36(39)43;21-6-8(22)12(26)7-5-16-13-11(17-7)14(27)20-3-1-9(23)19(15(20)18-13)4-2-10(24)25/h1-4,10-17,29,40,45,58,61,64H,5-9,18-28,30H2,(H2-,50,62,67,68,69,70,71,72);5,8,12,21-22,26H,1-4,6H2,(H,24,25)/p-1/t40-,45+;8-,12+/m11/s1. The van der Waals surface area contributed by atoms with Crippen LogP contribution in [0.5, 0.6) is 0 Å². The van der Waals surface area contributed by atoms with Crippen LogP contribution in [0.1, 0.15) is 104 Å². The van der Waals surface area contributed by atoms with Gasteiger partial charge in [0.15, 0.2) is 28.9 Å². The van der Waals surface area contributed by atoms with Crippen molar-refractivity contribution >= 4 is 127 Å². The highest BCUT2D eigenvalue weighted by Gasteiger charge is 2.36. The molecule has 104 heavy (non-hydrogen) atoms. The molecule has 2 aliphatic heterocycles. The number of Topliss-reactive ketones (excluding diaryl/α,β-unsaturated/α-hetero) is 2. The number of carboxylic acids is 1. The number of aromatic nitrogens is 9. The molecule has 0 aliphatic carbocycles. The number of carboxylic acid groups (broad SMARTS) is 1. The summed E-state index contributed by atoms with van der Waals surface area (Å²) >= 11 is 0. The Labute approximate surface area is 590 Å². The molecule has 554 valence electrons. The second-order valence-corrected chi connectivity index (χ2v) is 29.0. The number of para-hydroxylation sites is 2. The van der Waals surface area contributed by atoms with Gasteiger partial charge in [-0.1, -0.05) is 36.4 Å². The van der Waals surface area contributed by atoms with Gasteiger partial charge in [-0.3, -0.25) is 62.1 Å². The summed E-state index contributed by atoms with van der Waals surface area (Å²) in [6, 6.07) is 18.3. The molecule has 4 amide bonds. The Morgan fingerprint density at radius 2 is 1.09 bits per heavy atom. The zero-order valence-corrected chi connectivity index (χ0v) is 57.6. The van der Waals surface area contributed by atoms with Gasteiger partial charge in [0.25, 0.3) is 27.0 Å². The Morgan fingerprint density at radius 3 is 1.58 bits per heavy atom. The zero-order valence-electron chi connectivity index (χ0n) is 55.1. The van der Waals surface area contributed by atoms with Gasteiger partial charge in [0, 0.05) is 101 Å². The van der Waals surface area contributed by atoms with Crippen LogP contribution in [0.2, 0.25) is 0 Å². The van der Waals surface area contributed by atoms with Crippen LogP contribution in [0.25, 0.3) is 44.1 Å². The molecule has 37 nitrogen and oxygen atoms in total. The number of ketones is 2. The van der Waals surface area contributed by atoms with Crippen LogP contribution in [0.15, 0.2) is 99.7 Å². The summed E-state index contributed by atoms with van der Waals surface area (Å²) in [5, 5.41) is 69.5. The number of aliphatic carboxylic acids is 1. The van der Waals surface area contributed by atoms with E-state index in [2.05, 4.69) is 35.2 Å². The van der Waals surface area contributed by atoms with Gasteiger partial charge in [-0.05, 0) is 49.1 Å². The third-order valence-corrected chi connectivity index (χ3v) is 20.2. The number of benzene rings is 3. The minimum absolute atomic E-state index is 0.00131. The Hall–Kier alpha value is -10.0. The van der Waals surface area contributed by atoms with E-state index in [1.807, 2.05) is 0 Å². The SMILES string of the molecule is O=C(CCCc1ccc(S(=O)(=O)N(CCCS(=O)(=O)[O-])C(=O)c2c3ccccc3[n+](CCCS(=O)(=O)[O-])c3ccccc23)cc1)CC(=O)CCNC(=O)CCN1C(=O)CCn2c1nc1ncc([C@H](O)[C@H](O)CO)nc1c2=O.O=C(O)CCN1C(=O)CCn2c1nc1ncc([C@H](O)[C@H](O)CO)nc1c2=O. The molecule has 7 heterocycles. The fourth-order valence-corrected chi connectivity index (χ4v) is 13.9. The van der Waals surface area contributed by atoms with Crippen LogP contribution in [0.4, 0.5) is 11.9 Å². The zero-order chi connectivity index (χ0) is 75.5. The molecular formula is C64H70N13O24S3-. The molecule has 0 saturated heterocycles. The summed E-state index contributed by atoms with van der Waals surface area (Å²) in [6.45, 7) is -2.56. The van der Waals surface area contributed by atoms with Gasteiger partial charge in [-0.15, -0.1) is 0 Å². The van der Waals surface area contributed by atoms with Gasteiger partial charge in [0.05, 0.1) is 91.3 Å². The minimum Gasteiger partial charge on any atom is -0.748 e. The van der Waals surface area contributed by atoms with Gasteiger partial charge in [-0.2, -0.15) is 14.5 Å². The Balaban J connectivity index is 0.000000386. The molecule has 8 aromatic rings. The third-order valence-electron chi connectivity index (χ3n) is 16.8. The summed E-state index contributed by atoms with van der Waals surface area (Å²) in [4.78, 5) is 141. The van der Waals surface area contributed by atoms with Crippen molar-refractivity contribution in [2.45, 2.75) is 120 Å². The molecule has 10 rings (SSSR count). The van der Waals surface area contributed by atoms with E-state index in [-0.39, 0.29) is 176 Å². The van der Waals surface area contributed by atoms with Crippen LogP contribution >= 0.6 is 0 Å². The largest absolute Gasteiger partial charge is 0.748 e. The second-order valence-electron chi connectivity index (χ2n) is 24.1. The molecule has 0 saturated carbocycles. The molecule has 0 fully saturated rings. The molecular weight excluding hydrogens is 1430 g/mol. The van der Waals surface area contributed by atoms with Crippen LogP contribution in [0, 0.1) is 0 Å². The number of fused-ring (bicyclic) bond motifs is 6. The van der Waals surface area contributed by atoms with E-state index in [0.29, 0.717) is 20.9 Å². The quantitative estimate of drug-likeness (QED) is 0.00963. The number of hydrogen-bond donors (Lipinski definition) is 8. The minimum atomic E-state index is -4.82. The lowest BCUT2D eigenvalue weighted by molar-refractivity contribution is -0.645. The number of hydrogen-bond acceptors (Lipinski definition) is 29. The monoisotopic (exact) mass is 1500 g/mol. The highest BCUT2D eigenvalue weighted by atomic mass is 32.2. The van der Waals surface area contributed by atoms with Crippen molar-refractivity contribution < 1.29 is 108 Å². The number of aliphatic hydroxyl groups excluding tert-OH is 6. The summed E-state index contributed by atoms with van der Waals surface area (Å²) in [5.74, 6) is -5.98. The van der Waals surface area contributed by atoms with Crippen molar-refractivity contribution in [1.82, 2.24) is 48.7 Å². The van der Waals surface area contributed by atoms with Gasteiger partial charge in [0.1, 0.15) is 36.0 Å². The number of carbonyl (C=O) groups excluding carboxylic acids is 6. The average Bonchev–Trinajstić information content (AvgIpc) is 0.741. The molecule has 5 aromatic heterocycles. The molecule has 4 atom stereocenters. The smallest absolute Gasteiger partial charge is 0.305 e. The van der Waals surface area contributed by atoms with Gasteiger partial charge in [-0.25, -0.2) is 49.5 Å². The van der Waals surface area contributed by atoms with E-state index in [4.69, 9.17) is 15.3 Å². The highest BCUT2D eigenvalue weighted by Crippen LogP contribution is 2.31. The maximum atomic E-state index is 14.7. The van der Waals surface area contributed by atoms with Crippen molar-refractivity contribution in [2.75, 3.05) is 60.7 Å². The van der Waals surface area contributed by atoms with Crippen molar-refractivity contribution in [2.24, 2.45) is 0 Å². The number of aliphatic hydroxyl groups is 6. The number of carbonyl (C=O) groups is 7. The van der Waals surface area contributed by atoms with Crippen LogP contribution in [-0.4, -0.2) is 218 Å². The Bertz CT molecular complexity index is 5090. The predicted octanol–water partition coefficient (Wildman–Crippen LogP) is -2.16. The lowest BCUT2D eigenvalue weighted by Crippen LogP contribution is -2.44. The maximum Gasteiger partial charge on any atom is 0.305 e. The van der Waals surface area contributed by atoms with E-state index in [9.17, 15) is 97.9 Å². The summed E-state index contributed by atoms with van der Waals surface area (Å²) in [7, 11) is -14.1. The van der Waals surface area contributed by atoms with Crippen molar-refractivity contribution in [1.29, 1.82) is 0 Å². The molecule has 2 aliphatic rings. The lowest BCUT2D eigenvalue weighted by Gasteiger charge is -2.28. The average molecular weight is 1500 g/mol. The summed E-state index contributed by atoms with van der Waals surface area (Å²) < 4.78 is 102. The first-order valence-corrected chi connectivity index (χ1v) is 36.9. The van der Waals surface area contributed by atoms with Gasteiger partial charge < -0.3 is 50.2 Å². The lowest BCUT2D eigenvalue weighted by atomic mass is 10.0. The van der Waals surface area contributed by atoms with Crippen LogP contribution in [0.3, 0.4) is 0 Å². The summed E-state index contributed by atoms with van der Waals surface area (Å²) in [6.07, 6.45) is -5.38. The second kappa shape index (κ2) is 33.6. The molecule has 0 unspecified atom stereocenters. The van der Waals surface area contributed by atoms with E-state index in [0.717, 1.165) is 22.2 Å². The van der Waals surface area contributed by atoms with E-state index in [1.54, 1.807) is 53.1 Å². The number of rotatable bonds is 32. The van der Waals surface area contributed by atoms with E-state index in [1.165, 1.54) is 33.4 Å². The highest BCUT2D eigenvalue weighted by molar-refractivity contribution is 7.89. The number of nitrogens with one attached hydrogen (secondary N) is 1. The predicted molar refractivity (Wildman–Crippen MR) is 360 cm³/mol. The Kier molecular flexibility index (Phi) is 25.3. The molecule has 8 N–H and O–H groups in total. The number of nitrogens with zero attached hydrogens (tertiary/aromatic N) is 12. The number of aryl methyl sites for hydroxylation is 2. The fraction of sp³-hybridized carbons (Fsp3) is 0.406. The molecule has 0 spiro atoms. The first kappa shape index (κ1) is 78.1. The number of anilines is 2. The fourth-order valence-electron chi connectivity index (χ4n) is 11.6. The molecule has 40 heteroatoms. The Morgan fingerprint density at radius 1 is 0.606 bits per heavy atom. The van der Waals surface area contributed by atoms with Crippen molar-refractivity contribution in [3.05, 3.63) is 128 Å². The summed E-state index contributed by atoms with van der Waals surface area (Å²) in [5.41, 5.74) is -0.901. The number of amides is 4. The first-order valence-electron chi connectivity index (χ1n) is 32.3. The molecule has 0 radical (unpaired) electrons. The van der Waals surface area contributed by atoms with Crippen LogP contribution in [-0.2, 0) is 85.1 Å². The molecule has 0 bridgehead atoms. The van der Waals surface area contributed by atoms with Crippen LogP contribution < -0.4 is 30.8 Å². The van der Waals surface area contributed by atoms with Gasteiger partial charge >= 0.3 is 5.97 Å². The van der Waals surface area contributed by atoms with Crippen molar-refractivity contribution in [3.8, 4) is 0 Å². The molecule has 3 aromatic carbocycles. The van der Waals surface area contributed by atoms with E-state index < -0.39 is 139 Å². The van der Waals surface area contributed by atoms with Crippen molar-refractivity contribution in [3.63, 3.8) is 0 Å². The van der Waals surface area contributed by atoms with E-state index >= 15 is 0 Å². The number of sulfonamides is 1. The third kappa shape index (κ3) is 18.7. The number of pyridine rings is 1. The first-order chi connectivity index (χ1) is 49.3. The van der Waals surface area contributed by atoms with Gasteiger partial charge in [0.2, 0.25) is 40.7 Å². The topological polar surface area (TPSA) is 557 Å².